The molecular formula is C11H6F2N2O2. The molecular weight excluding hydrogens is 230 g/mol. The van der Waals surface area contributed by atoms with Gasteiger partial charge in [0.25, 0.3) is 5.69 Å². The molecule has 2 aromatic rings. The maximum atomic E-state index is 13.4. The van der Waals surface area contributed by atoms with E-state index >= 15 is 0 Å². The van der Waals surface area contributed by atoms with E-state index in [2.05, 4.69) is 4.98 Å². The first kappa shape index (κ1) is 11.1. The lowest BCUT2D eigenvalue weighted by atomic mass is 10.1. The summed E-state index contributed by atoms with van der Waals surface area (Å²) in [6.07, 6.45) is 0.858. The van der Waals surface area contributed by atoms with E-state index in [-0.39, 0.29) is 16.9 Å². The van der Waals surface area contributed by atoms with Crippen LogP contribution >= 0.6 is 0 Å². The molecule has 0 aliphatic rings. The number of hydrogen-bond donors (Lipinski definition) is 0. The highest BCUT2D eigenvalue weighted by Gasteiger charge is 2.12. The normalized spacial score (nSPS) is 10.2. The maximum Gasteiger partial charge on any atom is 0.270 e. The number of nitro benzene ring substituents is 1. The Morgan fingerprint density at radius 2 is 2.00 bits per heavy atom. The van der Waals surface area contributed by atoms with Crippen LogP contribution < -0.4 is 0 Å². The van der Waals surface area contributed by atoms with Crippen LogP contribution in [0.3, 0.4) is 0 Å². The summed E-state index contributed by atoms with van der Waals surface area (Å²) in [6.45, 7) is 0. The average molecular weight is 236 g/mol. The predicted octanol–water partition coefficient (Wildman–Crippen LogP) is 2.94. The van der Waals surface area contributed by atoms with Crippen molar-refractivity contribution >= 4 is 5.69 Å². The topological polar surface area (TPSA) is 56.0 Å². The molecule has 1 heterocycles. The lowest BCUT2D eigenvalue weighted by Crippen LogP contribution is -1.93. The molecule has 0 saturated heterocycles. The molecule has 0 fully saturated rings. The highest BCUT2D eigenvalue weighted by molar-refractivity contribution is 5.62. The number of benzene rings is 1. The number of nitro groups is 1. The molecule has 2 rings (SSSR count). The molecule has 1 aromatic carbocycles. The Morgan fingerprint density at radius 1 is 1.24 bits per heavy atom. The molecule has 6 heteroatoms. The molecule has 0 saturated carbocycles. The van der Waals surface area contributed by atoms with Crippen LogP contribution in [-0.2, 0) is 0 Å². The summed E-state index contributed by atoms with van der Waals surface area (Å²) < 4.78 is 26.1. The van der Waals surface area contributed by atoms with Crippen molar-refractivity contribution in [2.45, 2.75) is 0 Å². The number of aromatic nitrogens is 1. The molecule has 0 spiro atoms. The smallest absolute Gasteiger partial charge is 0.258 e. The fraction of sp³-hybridized carbons (Fsp3) is 0. The minimum absolute atomic E-state index is 0.116. The van der Waals surface area contributed by atoms with Gasteiger partial charge in [0.15, 0.2) is 5.82 Å². The molecule has 0 unspecified atom stereocenters. The van der Waals surface area contributed by atoms with E-state index in [9.17, 15) is 18.9 Å². The summed E-state index contributed by atoms with van der Waals surface area (Å²) in [5, 5.41) is 10.6. The standard InChI is InChI=1S/C11H6F2N2O2/c12-8-5-10(13)11(14-6-8)7-2-1-3-9(4-7)15(16)17/h1-6H. The Labute approximate surface area is 94.7 Å². The second-order valence-electron chi connectivity index (χ2n) is 3.29. The summed E-state index contributed by atoms with van der Waals surface area (Å²) in [5.41, 5.74) is -0.0557. The first-order chi connectivity index (χ1) is 8.08. The predicted molar refractivity (Wildman–Crippen MR) is 56.2 cm³/mol. The van der Waals surface area contributed by atoms with Crippen LogP contribution in [0.2, 0.25) is 0 Å². The second-order valence-corrected chi connectivity index (χ2v) is 3.29. The monoisotopic (exact) mass is 236 g/mol. The number of hydrogen-bond acceptors (Lipinski definition) is 3. The van der Waals surface area contributed by atoms with Crippen molar-refractivity contribution in [1.29, 1.82) is 0 Å². The molecule has 0 radical (unpaired) electrons. The second kappa shape index (κ2) is 4.25. The third kappa shape index (κ3) is 2.25. The lowest BCUT2D eigenvalue weighted by molar-refractivity contribution is -0.384. The summed E-state index contributed by atoms with van der Waals surface area (Å²) in [6, 6.07) is 6.03. The Bertz CT molecular complexity index is 587. The summed E-state index contributed by atoms with van der Waals surface area (Å²) >= 11 is 0. The minimum Gasteiger partial charge on any atom is -0.258 e. The highest BCUT2D eigenvalue weighted by atomic mass is 19.1. The van der Waals surface area contributed by atoms with Gasteiger partial charge in [-0.1, -0.05) is 12.1 Å². The summed E-state index contributed by atoms with van der Waals surface area (Å²) in [4.78, 5) is 13.5. The van der Waals surface area contributed by atoms with E-state index in [0.29, 0.717) is 6.07 Å². The largest absolute Gasteiger partial charge is 0.270 e. The van der Waals surface area contributed by atoms with Gasteiger partial charge in [0.1, 0.15) is 11.5 Å². The lowest BCUT2D eigenvalue weighted by Gasteiger charge is -2.02. The van der Waals surface area contributed by atoms with Crippen LogP contribution in [0, 0.1) is 21.7 Å². The van der Waals surface area contributed by atoms with Crippen molar-refractivity contribution in [3.63, 3.8) is 0 Å². The number of nitrogens with zero attached hydrogens (tertiary/aromatic N) is 2. The van der Waals surface area contributed by atoms with Crippen LogP contribution in [0.25, 0.3) is 11.3 Å². The molecule has 4 nitrogen and oxygen atoms in total. The van der Waals surface area contributed by atoms with Gasteiger partial charge in [-0.15, -0.1) is 0 Å². The Balaban J connectivity index is 2.53. The number of rotatable bonds is 2. The van der Waals surface area contributed by atoms with Gasteiger partial charge in [0, 0.05) is 23.8 Å². The van der Waals surface area contributed by atoms with Gasteiger partial charge >= 0.3 is 0 Å². The van der Waals surface area contributed by atoms with Crippen LogP contribution in [0.4, 0.5) is 14.5 Å². The zero-order valence-corrected chi connectivity index (χ0v) is 8.43. The fourth-order valence-electron chi connectivity index (χ4n) is 1.39. The SMILES string of the molecule is O=[N+]([O-])c1cccc(-c2ncc(F)cc2F)c1. The molecule has 0 bridgehead atoms. The van der Waals surface area contributed by atoms with Crippen LogP contribution in [0.15, 0.2) is 36.5 Å². The molecule has 17 heavy (non-hydrogen) atoms. The van der Waals surface area contributed by atoms with Crippen molar-refractivity contribution in [2.24, 2.45) is 0 Å². The van der Waals surface area contributed by atoms with E-state index < -0.39 is 16.6 Å². The highest BCUT2D eigenvalue weighted by Crippen LogP contribution is 2.24. The molecule has 0 amide bonds. The zero-order chi connectivity index (χ0) is 12.4. The number of pyridine rings is 1. The molecule has 0 aliphatic heterocycles. The van der Waals surface area contributed by atoms with Crippen molar-refractivity contribution in [1.82, 2.24) is 4.98 Å². The van der Waals surface area contributed by atoms with Gasteiger partial charge in [-0.2, -0.15) is 0 Å². The van der Waals surface area contributed by atoms with Gasteiger partial charge in [-0.05, 0) is 0 Å². The van der Waals surface area contributed by atoms with E-state index in [0.717, 1.165) is 6.20 Å². The van der Waals surface area contributed by atoms with Crippen LogP contribution in [0.5, 0.6) is 0 Å². The van der Waals surface area contributed by atoms with Crippen molar-refractivity contribution in [3.05, 3.63) is 58.3 Å². The van der Waals surface area contributed by atoms with Crippen LogP contribution in [-0.4, -0.2) is 9.91 Å². The third-order valence-electron chi connectivity index (χ3n) is 2.14. The van der Waals surface area contributed by atoms with E-state index in [1.165, 1.54) is 24.3 Å². The quantitative estimate of drug-likeness (QED) is 0.595. The molecule has 0 aliphatic carbocycles. The van der Waals surface area contributed by atoms with Gasteiger partial charge in [-0.25, -0.2) is 8.78 Å². The summed E-state index contributed by atoms with van der Waals surface area (Å²) in [5.74, 6) is -1.65. The van der Waals surface area contributed by atoms with Gasteiger partial charge < -0.3 is 0 Å². The minimum atomic E-state index is -0.856. The molecule has 1 aromatic heterocycles. The first-order valence-electron chi connectivity index (χ1n) is 4.64. The Hall–Kier alpha value is -2.37. The van der Waals surface area contributed by atoms with E-state index in [1.807, 2.05) is 0 Å². The van der Waals surface area contributed by atoms with Crippen LogP contribution in [0.1, 0.15) is 0 Å². The molecule has 0 atom stereocenters. The van der Waals surface area contributed by atoms with Gasteiger partial charge in [-0.3, -0.25) is 15.1 Å². The van der Waals surface area contributed by atoms with Crippen molar-refractivity contribution in [2.75, 3.05) is 0 Å². The average Bonchev–Trinajstić information content (AvgIpc) is 2.29. The number of halogens is 2. The van der Waals surface area contributed by atoms with Crippen molar-refractivity contribution < 1.29 is 13.7 Å². The zero-order valence-electron chi connectivity index (χ0n) is 8.43. The Kier molecular flexibility index (Phi) is 2.78. The fourth-order valence-corrected chi connectivity index (χ4v) is 1.39. The Morgan fingerprint density at radius 3 is 2.65 bits per heavy atom. The van der Waals surface area contributed by atoms with Gasteiger partial charge in [0.05, 0.1) is 11.1 Å². The maximum absolute atomic E-state index is 13.4. The number of non-ortho nitro benzene ring substituents is 1. The third-order valence-corrected chi connectivity index (χ3v) is 2.14. The summed E-state index contributed by atoms with van der Waals surface area (Å²) in [7, 11) is 0. The van der Waals surface area contributed by atoms with Gasteiger partial charge in [0.2, 0.25) is 0 Å². The van der Waals surface area contributed by atoms with E-state index in [1.54, 1.807) is 0 Å². The van der Waals surface area contributed by atoms with E-state index in [4.69, 9.17) is 0 Å². The molecule has 0 N–H and O–H groups in total. The first-order valence-corrected chi connectivity index (χ1v) is 4.64. The van der Waals surface area contributed by atoms with Crippen molar-refractivity contribution in [3.8, 4) is 11.3 Å². The molecule has 86 valence electrons.